The molecule has 2 bridgehead atoms. The number of piperidine rings is 2. The van der Waals surface area contributed by atoms with Crippen LogP contribution in [0.2, 0.25) is 5.02 Å². The highest BCUT2D eigenvalue weighted by Crippen LogP contribution is 2.46. The largest absolute Gasteiger partial charge is 0.371 e. The summed E-state index contributed by atoms with van der Waals surface area (Å²) in [5.74, 6) is -1.20. The average Bonchev–Trinajstić information content (AvgIpc) is 3.93. The Hall–Kier alpha value is -5.45. The summed E-state index contributed by atoms with van der Waals surface area (Å²) in [7, 11) is 1.52. The first-order valence-electron chi connectivity index (χ1n) is 20.8. The number of likely N-dealkylation sites (tertiary alicyclic amines) is 2. The van der Waals surface area contributed by atoms with E-state index in [1.165, 1.54) is 11.9 Å². The topological polar surface area (TPSA) is 141 Å². The molecule has 306 valence electrons. The van der Waals surface area contributed by atoms with Crippen molar-refractivity contribution in [2.24, 2.45) is 5.41 Å². The molecule has 14 heteroatoms. The molecule has 1 N–H and O–H groups in total. The number of benzene rings is 3. The molecule has 6 aliphatic rings. The molecule has 0 aliphatic carbocycles. The van der Waals surface area contributed by atoms with Crippen LogP contribution in [0.1, 0.15) is 82.1 Å². The molecule has 1 spiro atoms. The van der Waals surface area contributed by atoms with E-state index >= 15 is 0 Å². The maximum absolute atomic E-state index is 13.8. The smallest absolute Gasteiger partial charge is 0.255 e. The Labute approximate surface area is 349 Å². The first kappa shape index (κ1) is 39.0. The van der Waals surface area contributed by atoms with Crippen LogP contribution in [0.4, 0.5) is 17.1 Å². The predicted octanol–water partition coefficient (Wildman–Crippen LogP) is 4.57. The molecule has 0 radical (unpaired) electrons. The summed E-state index contributed by atoms with van der Waals surface area (Å²) < 4.78 is 0. The van der Waals surface area contributed by atoms with E-state index in [9.17, 15) is 29.2 Å². The first-order chi connectivity index (χ1) is 28.4. The van der Waals surface area contributed by atoms with Gasteiger partial charge in [0.25, 0.3) is 11.8 Å². The van der Waals surface area contributed by atoms with Crippen LogP contribution in [0.15, 0.2) is 60.7 Å². The van der Waals surface area contributed by atoms with Crippen LogP contribution in [-0.2, 0) is 9.59 Å². The Bertz CT molecular complexity index is 2250. The molecule has 4 atom stereocenters. The average molecular weight is 817 g/mol. The van der Waals surface area contributed by atoms with Crippen LogP contribution in [0.5, 0.6) is 0 Å². The van der Waals surface area contributed by atoms with Crippen LogP contribution in [-0.4, -0.2) is 128 Å². The standard InChI is InChI=1S/C45H49ClN8O5/c1-28-20-45(27-54(28)34-8-5-30(21-47)39(46)19-34)13-15-50(16-14-45)32-6-3-29(4-7-32)43(58)53-25-35-18-36(53)24-52(35)37-22-51(23-37)33-9-10-38(31(17-33)26-55)44(59)49(2)40-11-12-41(56)48-42(40)57/h3-10,17,19,26,28,35-37,40H,11-16,18,20,22-25,27H2,1-2H3,(H,48,56,57). The van der Waals surface area contributed by atoms with Gasteiger partial charge in [0.1, 0.15) is 12.1 Å². The fourth-order valence-electron chi connectivity index (χ4n) is 10.7. The van der Waals surface area contributed by atoms with Crippen molar-refractivity contribution < 1.29 is 24.0 Å². The van der Waals surface area contributed by atoms with Crippen LogP contribution in [0.3, 0.4) is 0 Å². The van der Waals surface area contributed by atoms with Crippen LogP contribution < -0.4 is 20.0 Å². The van der Waals surface area contributed by atoms with Gasteiger partial charge in [0.15, 0.2) is 6.29 Å². The first-order valence-corrected chi connectivity index (χ1v) is 21.1. The third-order valence-electron chi connectivity index (χ3n) is 14.1. The molecule has 6 heterocycles. The molecule has 6 saturated heterocycles. The molecule has 9 rings (SSSR count). The van der Waals surface area contributed by atoms with Gasteiger partial charge in [-0.05, 0) is 105 Å². The Morgan fingerprint density at radius 3 is 2.31 bits per heavy atom. The van der Waals surface area contributed by atoms with E-state index in [4.69, 9.17) is 11.6 Å². The SMILES string of the molecule is CC1CC2(CCN(c3ccc(C(=O)N4CC5CC4CN5C4CN(c5ccc(C(=O)N(C)C6CCC(=O)NC6=O)c(C=O)c5)C4)cc3)CC2)CN1c1ccc(C#N)c(Cl)c1. The molecular formula is C45H49ClN8O5. The number of anilines is 3. The summed E-state index contributed by atoms with van der Waals surface area (Å²) in [5, 5.41) is 12.1. The van der Waals surface area contributed by atoms with Crippen molar-refractivity contribution in [2.75, 3.05) is 67.6 Å². The molecule has 0 aromatic heterocycles. The lowest BCUT2D eigenvalue weighted by molar-refractivity contribution is -0.136. The van der Waals surface area contributed by atoms with Gasteiger partial charge in [-0.1, -0.05) is 11.6 Å². The number of rotatable bonds is 8. The second kappa shape index (κ2) is 15.3. The van der Waals surface area contributed by atoms with Crippen LogP contribution in [0.25, 0.3) is 0 Å². The number of nitriles is 1. The quantitative estimate of drug-likeness (QED) is 0.254. The van der Waals surface area contributed by atoms with Crippen molar-refractivity contribution in [3.8, 4) is 6.07 Å². The lowest BCUT2D eigenvalue weighted by Gasteiger charge is -2.49. The number of hydrogen-bond acceptors (Lipinski definition) is 10. The second-order valence-electron chi connectivity index (χ2n) is 17.5. The minimum atomic E-state index is -0.768. The summed E-state index contributed by atoms with van der Waals surface area (Å²) in [6, 6.07) is 21.8. The maximum atomic E-state index is 13.8. The van der Waals surface area contributed by atoms with Crippen molar-refractivity contribution in [1.82, 2.24) is 20.0 Å². The van der Waals surface area contributed by atoms with Gasteiger partial charge in [-0.25, -0.2) is 0 Å². The number of likely N-dealkylation sites (N-methyl/N-ethyl adjacent to an activating group) is 1. The molecule has 59 heavy (non-hydrogen) atoms. The fraction of sp³-hybridized carbons (Fsp3) is 0.467. The van der Waals surface area contributed by atoms with Gasteiger partial charge < -0.3 is 24.5 Å². The van der Waals surface area contributed by atoms with Gasteiger partial charge in [0, 0.05) is 112 Å². The number of nitrogens with one attached hydrogen (secondary N) is 1. The van der Waals surface area contributed by atoms with Crippen LogP contribution in [0, 0.1) is 16.7 Å². The number of fused-ring (bicyclic) bond motifs is 2. The zero-order valence-corrected chi connectivity index (χ0v) is 34.2. The van der Waals surface area contributed by atoms with Gasteiger partial charge in [0.05, 0.1) is 16.1 Å². The molecule has 4 unspecified atom stereocenters. The third-order valence-corrected chi connectivity index (χ3v) is 14.4. The third kappa shape index (κ3) is 7.10. The number of imide groups is 1. The molecule has 13 nitrogen and oxygen atoms in total. The number of amides is 4. The highest BCUT2D eigenvalue weighted by atomic mass is 35.5. The van der Waals surface area contributed by atoms with Gasteiger partial charge in [-0.3, -0.25) is 34.2 Å². The number of carbonyl (C=O) groups is 5. The van der Waals surface area contributed by atoms with Crippen LogP contribution >= 0.6 is 11.6 Å². The molecule has 6 fully saturated rings. The van der Waals surface area contributed by atoms with E-state index in [1.54, 1.807) is 12.1 Å². The minimum absolute atomic E-state index is 0.0961. The Balaban J connectivity index is 0.754. The molecule has 3 aromatic rings. The van der Waals surface area contributed by atoms with E-state index in [1.807, 2.05) is 36.4 Å². The summed E-state index contributed by atoms with van der Waals surface area (Å²) in [5.41, 5.74) is 5.08. The maximum Gasteiger partial charge on any atom is 0.255 e. The molecule has 4 amide bonds. The van der Waals surface area contributed by atoms with Crippen molar-refractivity contribution in [2.45, 2.75) is 75.7 Å². The van der Waals surface area contributed by atoms with Gasteiger partial charge >= 0.3 is 0 Å². The lowest BCUT2D eigenvalue weighted by atomic mass is 9.76. The lowest BCUT2D eigenvalue weighted by Crippen LogP contribution is -2.63. The Morgan fingerprint density at radius 1 is 0.915 bits per heavy atom. The van der Waals surface area contributed by atoms with Crippen molar-refractivity contribution in [3.63, 3.8) is 0 Å². The molecular weight excluding hydrogens is 768 g/mol. The number of halogens is 1. The number of nitrogens with zero attached hydrogens (tertiary/aromatic N) is 7. The minimum Gasteiger partial charge on any atom is -0.371 e. The van der Waals surface area contributed by atoms with E-state index in [2.05, 4.69) is 54.9 Å². The predicted molar refractivity (Wildman–Crippen MR) is 224 cm³/mol. The second-order valence-corrected chi connectivity index (χ2v) is 17.9. The zero-order valence-electron chi connectivity index (χ0n) is 33.5. The summed E-state index contributed by atoms with van der Waals surface area (Å²) in [6.45, 7) is 8.36. The van der Waals surface area contributed by atoms with Crippen molar-refractivity contribution >= 4 is 58.6 Å². The molecule has 3 aromatic carbocycles. The summed E-state index contributed by atoms with van der Waals surface area (Å²) >= 11 is 6.38. The number of aldehydes is 1. The number of hydrogen-bond donors (Lipinski definition) is 1. The van der Waals surface area contributed by atoms with Crippen molar-refractivity contribution in [1.29, 1.82) is 5.26 Å². The van der Waals surface area contributed by atoms with Gasteiger partial charge in [-0.15, -0.1) is 0 Å². The van der Waals surface area contributed by atoms with E-state index < -0.39 is 17.9 Å². The summed E-state index contributed by atoms with van der Waals surface area (Å²) in [6.07, 6.45) is 5.39. The Morgan fingerprint density at radius 2 is 1.64 bits per heavy atom. The number of carbonyl (C=O) groups excluding carboxylic acids is 5. The number of piperazine rings is 1. The van der Waals surface area contributed by atoms with Gasteiger partial charge in [0.2, 0.25) is 11.8 Å². The highest BCUT2D eigenvalue weighted by Gasteiger charge is 2.50. The van der Waals surface area contributed by atoms with Crippen molar-refractivity contribution in [3.05, 3.63) is 87.9 Å². The summed E-state index contributed by atoms with van der Waals surface area (Å²) in [4.78, 5) is 76.1. The van der Waals surface area contributed by atoms with E-state index in [-0.39, 0.29) is 47.2 Å². The monoisotopic (exact) mass is 816 g/mol. The van der Waals surface area contributed by atoms with E-state index in [0.717, 1.165) is 87.6 Å². The highest BCUT2D eigenvalue weighted by molar-refractivity contribution is 6.32. The normalized spacial score (nSPS) is 25.3. The molecule has 0 saturated carbocycles. The van der Waals surface area contributed by atoms with Gasteiger partial charge in [-0.2, -0.15) is 5.26 Å². The zero-order chi connectivity index (χ0) is 41.2. The van der Waals surface area contributed by atoms with E-state index in [0.29, 0.717) is 41.5 Å². The Kier molecular flexibility index (Phi) is 10.1. The fourth-order valence-corrected chi connectivity index (χ4v) is 10.9. The molecule has 6 aliphatic heterocycles.